The van der Waals surface area contributed by atoms with Crippen molar-refractivity contribution in [1.29, 1.82) is 0 Å². The molecule has 0 amide bonds. The SMILES string of the molecule is Cc1cccc(C)c1-c1cc(-c2cccc3c2oc2c3ccc3c(C)c(C)sc32)ncc1CC(C)(C)C. The fourth-order valence-corrected chi connectivity index (χ4v) is 6.81. The lowest BCUT2D eigenvalue weighted by Gasteiger charge is -2.22. The summed E-state index contributed by atoms with van der Waals surface area (Å²) >= 11 is 1.83. The van der Waals surface area contributed by atoms with Gasteiger partial charge in [-0.05, 0) is 96.5 Å². The highest BCUT2D eigenvalue weighted by Crippen LogP contribution is 2.43. The van der Waals surface area contributed by atoms with Gasteiger partial charge in [0.1, 0.15) is 5.58 Å². The summed E-state index contributed by atoms with van der Waals surface area (Å²) in [5.41, 5.74) is 11.9. The molecule has 2 nitrogen and oxygen atoms in total. The number of para-hydroxylation sites is 1. The van der Waals surface area contributed by atoms with Crippen LogP contribution >= 0.6 is 11.3 Å². The van der Waals surface area contributed by atoms with E-state index < -0.39 is 0 Å². The van der Waals surface area contributed by atoms with Crippen molar-refractivity contribution in [1.82, 2.24) is 4.98 Å². The monoisotopic (exact) mass is 503 g/mol. The zero-order chi connectivity index (χ0) is 26.1. The first kappa shape index (κ1) is 23.9. The normalized spacial score (nSPS) is 12.3. The number of benzene rings is 3. The minimum atomic E-state index is 0.162. The van der Waals surface area contributed by atoms with E-state index in [9.17, 15) is 0 Å². The van der Waals surface area contributed by atoms with Crippen LogP contribution in [0.2, 0.25) is 0 Å². The fourth-order valence-electron chi connectivity index (χ4n) is 5.67. The van der Waals surface area contributed by atoms with E-state index in [1.165, 1.54) is 53.7 Å². The third-order valence-corrected chi connectivity index (χ3v) is 8.76. The molecule has 3 heterocycles. The molecule has 0 saturated carbocycles. The van der Waals surface area contributed by atoms with E-state index in [4.69, 9.17) is 9.40 Å². The first-order valence-corrected chi connectivity index (χ1v) is 13.8. The van der Waals surface area contributed by atoms with Crippen molar-refractivity contribution in [2.24, 2.45) is 5.41 Å². The van der Waals surface area contributed by atoms with E-state index in [1.54, 1.807) is 0 Å². The van der Waals surface area contributed by atoms with Gasteiger partial charge in [0.25, 0.3) is 0 Å². The first-order valence-electron chi connectivity index (χ1n) is 13.0. The summed E-state index contributed by atoms with van der Waals surface area (Å²) in [6, 6.07) is 19.8. The summed E-state index contributed by atoms with van der Waals surface area (Å²) in [7, 11) is 0. The van der Waals surface area contributed by atoms with E-state index in [2.05, 4.69) is 109 Å². The second-order valence-electron chi connectivity index (χ2n) is 11.6. The molecule has 186 valence electrons. The van der Waals surface area contributed by atoms with Crippen LogP contribution in [0.4, 0.5) is 0 Å². The van der Waals surface area contributed by atoms with E-state index in [-0.39, 0.29) is 5.41 Å². The fraction of sp³-hybridized carbons (Fsp3) is 0.265. The summed E-state index contributed by atoms with van der Waals surface area (Å²) in [6.07, 6.45) is 3.06. The number of fused-ring (bicyclic) bond motifs is 5. The molecule has 0 N–H and O–H groups in total. The number of nitrogens with zero attached hydrogens (tertiary/aromatic N) is 1. The number of thiophene rings is 1. The molecule has 3 aromatic carbocycles. The maximum atomic E-state index is 6.69. The molecule has 6 rings (SSSR count). The van der Waals surface area contributed by atoms with Crippen LogP contribution in [0, 0.1) is 33.1 Å². The second kappa shape index (κ2) is 8.56. The highest BCUT2D eigenvalue weighted by atomic mass is 32.1. The summed E-state index contributed by atoms with van der Waals surface area (Å²) in [4.78, 5) is 6.37. The molecule has 0 saturated heterocycles. The van der Waals surface area contributed by atoms with Crippen LogP contribution in [-0.2, 0) is 6.42 Å². The van der Waals surface area contributed by atoms with Gasteiger partial charge in [0.2, 0.25) is 0 Å². The minimum absolute atomic E-state index is 0.162. The van der Waals surface area contributed by atoms with Gasteiger partial charge in [-0.15, -0.1) is 11.3 Å². The second-order valence-corrected chi connectivity index (χ2v) is 12.8. The van der Waals surface area contributed by atoms with E-state index in [0.29, 0.717) is 0 Å². The molecule has 3 aromatic heterocycles. The number of aryl methyl sites for hydroxylation is 4. The Bertz CT molecular complexity index is 1810. The van der Waals surface area contributed by atoms with Gasteiger partial charge >= 0.3 is 0 Å². The van der Waals surface area contributed by atoms with E-state index >= 15 is 0 Å². The Morgan fingerprint density at radius 2 is 1.46 bits per heavy atom. The van der Waals surface area contributed by atoms with Crippen molar-refractivity contribution in [3.63, 3.8) is 0 Å². The highest BCUT2D eigenvalue weighted by Gasteiger charge is 2.21. The molecular weight excluding hydrogens is 470 g/mol. The van der Waals surface area contributed by atoms with Crippen LogP contribution in [0.25, 0.3) is 54.4 Å². The van der Waals surface area contributed by atoms with Gasteiger partial charge in [-0.2, -0.15) is 0 Å². The maximum Gasteiger partial charge on any atom is 0.153 e. The summed E-state index contributed by atoms with van der Waals surface area (Å²) in [5, 5.41) is 3.61. The molecule has 6 aromatic rings. The average Bonchev–Trinajstić information content (AvgIpc) is 3.36. The Balaban J connectivity index is 1.62. The van der Waals surface area contributed by atoms with Crippen LogP contribution in [0.1, 0.15) is 47.9 Å². The molecular formula is C34H33NOS. The molecule has 0 bridgehead atoms. The van der Waals surface area contributed by atoms with Crippen molar-refractivity contribution in [3.8, 4) is 22.4 Å². The van der Waals surface area contributed by atoms with Gasteiger partial charge in [0.05, 0.1) is 10.4 Å². The molecule has 0 fully saturated rings. The third-order valence-electron chi connectivity index (χ3n) is 7.54. The quantitative estimate of drug-likeness (QED) is 0.240. The van der Waals surface area contributed by atoms with E-state index in [0.717, 1.165) is 34.2 Å². The lowest BCUT2D eigenvalue weighted by molar-refractivity contribution is 0.411. The zero-order valence-corrected chi connectivity index (χ0v) is 23.6. The Hall–Kier alpha value is -3.43. The van der Waals surface area contributed by atoms with Gasteiger partial charge in [-0.1, -0.05) is 57.2 Å². The number of hydrogen-bond donors (Lipinski definition) is 0. The predicted molar refractivity (Wildman–Crippen MR) is 160 cm³/mol. The Labute approximate surface area is 223 Å². The van der Waals surface area contributed by atoms with Crippen LogP contribution < -0.4 is 0 Å². The Morgan fingerprint density at radius 3 is 2.19 bits per heavy atom. The zero-order valence-electron chi connectivity index (χ0n) is 22.7. The van der Waals surface area contributed by atoms with Gasteiger partial charge < -0.3 is 4.42 Å². The number of furan rings is 1. The molecule has 0 aliphatic rings. The van der Waals surface area contributed by atoms with Gasteiger partial charge in [0, 0.05) is 27.4 Å². The summed E-state index contributed by atoms with van der Waals surface area (Å²) < 4.78 is 7.93. The largest absolute Gasteiger partial charge is 0.454 e. The standard InChI is InChI=1S/C34H33NOS/c1-19-10-8-11-20(2)30(19)28-16-29(35-18-23(28)17-34(5,6)7)27-13-9-12-25-26-15-14-24-21(3)22(4)37-33(24)32(26)36-31(25)27/h8-16,18H,17H2,1-7H3. The number of pyridine rings is 1. The van der Waals surface area contributed by atoms with Gasteiger partial charge in [-0.3, -0.25) is 4.98 Å². The maximum absolute atomic E-state index is 6.69. The van der Waals surface area contributed by atoms with Gasteiger partial charge in [-0.25, -0.2) is 0 Å². The third kappa shape index (κ3) is 3.97. The number of hydrogen-bond acceptors (Lipinski definition) is 3. The summed E-state index contributed by atoms with van der Waals surface area (Å²) in [6.45, 7) is 15.7. The molecule has 37 heavy (non-hydrogen) atoms. The molecule has 0 aliphatic carbocycles. The van der Waals surface area contributed by atoms with Crippen LogP contribution in [-0.4, -0.2) is 4.98 Å². The van der Waals surface area contributed by atoms with E-state index in [1.807, 2.05) is 11.3 Å². The predicted octanol–water partition coefficient (Wildman–Crippen LogP) is 10.4. The lowest BCUT2D eigenvalue weighted by Crippen LogP contribution is -2.11. The first-order chi connectivity index (χ1) is 17.6. The van der Waals surface area contributed by atoms with Crippen molar-refractivity contribution >= 4 is 43.4 Å². The molecule has 0 aliphatic heterocycles. The minimum Gasteiger partial charge on any atom is -0.454 e. The Kier molecular flexibility index (Phi) is 5.54. The average molecular weight is 504 g/mol. The molecule has 0 radical (unpaired) electrons. The van der Waals surface area contributed by atoms with Crippen LogP contribution in [0.15, 0.2) is 65.2 Å². The molecule has 3 heteroatoms. The topological polar surface area (TPSA) is 26.0 Å². The van der Waals surface area contributed by atoms with Crippen molar-refractivity contribution < 1.29 is 4.42 Å². The molecule has 0 spiro atoms. The van der Waals surface area contributed by atoms with Gasteiger partial charge in [0.15, 0.2) is 5.58 Å². The number of aromatic nitrogens is 1. The molecule has 0 unspecified atom stereocenters. The summed E-state index contributed by atoms with van der Waals surface area (Å²) in [5.74, 6) is 0. The van der Waals surface area contributed by atoms with Crippen LogP contribution in [0.5, 0.6) is 0 Å². The number of rotatable bonds is 3. The highest BCUT2D eigenvalue weighted by molar-refractivity contribution is 7.20. The van der Waals surface area contributed by atoms with Crippen molar-refractivity contribution in [2.75, 3.05) is 0 Å². The van der Waals surface area contributed by atoms with Crippen LogP contribution in [0.3, 0.4) is 0 Å². The Morgan fingerprint density at radius 1 is 0.784 bits per heavy atom. The lowest BCUT2D eigenvalue weighted by atomic mass is 9.83. The molecule has 0 atom stereocenters. The van der Waals surface area contributed by atoms with Crippen molar-refractivity contribution in [2.45, 2.75) is 54.9 Å². The smallest absolute Gasteiger partial charge is 0.153 e. The van der Waals surface area contributed by atoms with Crippen molar-refractivity contribution in [3.05, 3.63) is 87.9 Å².